The molecule has 0 aromatic carbocycles. The lowest BCUT2D eigenvalue weighted by Crippen LogP contribution is -2.45. The van der Waals surface area contributed by atoms with Gasteiger partial charge in [-0.1, -0.05) is 19.8 Å². The van der Waals surface area contributed by atoms with Crippen LogP contribution in [0.25, 0.3) is 0 Å². The van der Waals surface area contributed by atoms with Crippen molar-refractivity contribution in [3.63, 3.8) is 0 Å². The second-order valence-corrected chi connectivity index (χ2v) is 6.58. The van der Waals surface area contributed by atoms with Crippen LogP contribution in [0.3, 0.4) is 0 Å². The highest BCUT2D eigenvalue weighted by atomic mass is 32.2. The van der Waals surface area contributed by atoms with Gasteiger partial charge in [0.2, 0.25) is 0 Å². The van der Waals surface area contributed by atoms with E-state index in [1.54, 1.807) is 0 Å². The van der Waals surface area contributed by atoms with Crippen LogP contribution < -0.4 is 5.32 Å². The minimum absolute atomic E-state index is 0.551. The molecule has 0 bridgehead atoms. The van der Waals surface area contributed by atoms with Gasteiger partial charge in [0.15, 0.2) is 0 Å². The van der Waals surface area contributed by atoms with Crippen molar-refractivity contribution in [2.45, 2.75) is 45.1 Å². The second-order valence-electron chi connectivity index (χ2n) is 5.67. The van der Waals surface area contributed by atoms with E-state index in [2.05, 4.69) is 37.5 Å². The van der Waals surface area contributed by atoms with Crippen LogP contribution in [0, 0.1) is 5.41 Å². The number of rotatable bonds is 8. The van der Waals surface area contributed by atoms with E-state index in [-0.39, 0.29) is 0 Å². The van der Waals surface area contributed by atoms with Gasteiger partial charge in [-0.25, -0.2) is 0 Å². The van der Waals surface area contributed by atoms with Crippen LogP contribution in [-0.4, -0.2) is 50.1 Å². The molecule has 0 aromatic rings. The first-order chi connectivity index (χ1) is 8.17. The predicted molar refractivity (Wildman–Crippen MR) is 79.9 cm³/mol. The first kappa shape index (κ1) is 15.3. The van der Waals surface area contributed by atoms with Crippen molar-refractivity contribution in [2.75, 3.05) is 39.2 Å². The third kappa shape index (κ3) is 4.46. The Hall–Kier alpha value is 0.270. The van der Waals surface area contributed by atoms with Gasteiger partial charge in [0.25, 0.3) is 0 Å². The first-order valence-corrected chi connectivity index (χ1v) is 8.40. The Balaban J connectivity index is 2.53. The molecule has 0 aromatic heterocycles. The molecule has 3 heteroatoms. The van der Waals surface area contributed by atoms with Gasteiger partial charge in [0.05, 0.1) is 0 Å². The molecule has 1 saturated carbocycles. The molecule has 0 aliphatic heterocycles. The van der Waals surface area contributed by atoms with Gasteiger partial charge in [-0.15, -0.1) is 0 Å². The molecule has 1 aliphatic rings. The largest absolute Gasteiger partial charge is 0.319 e. The normalized spacial score (nSPS) is 21.0. The van der Waals surface area contributed by atoms with E-state index in [9.17, 15) is 0 Å². The minimum Gasteiger partial charge on any atom is -0.319 e. The van der Waals surface area contributed by atoms with Gasteiger partial charge < -0.3 is 10.2 Å². The van der Waals surface area contributed by atoms with Crippen LogP contribution in [0.5, 0.6) is 0 Å². The zero-order valence-corrected chi connectivity index (χ0v) is 12.9. The Morgan fingerprint density at radius 3 is 2.47 bits per heavy atom. The van der Waals surface area contributed by atoms with Crippen molar-refractivity contribution in [1.82, 2.24) is 10.2 Å². The summed E-state index contributed by atoms with van der Waals surface area (Å²) >= 11 is 1.98. The van der Waals surface area contributed by atoms with Gasteiger partial charge in [-0.3, -0.25) is 0 Å². The molecular weight excluding hydrogens is 228 g/mol. The molecule has 1 N–H and O–H groups in total. The third-order valence-electron chi connectivity index (χ3n) is 4.25. The van der Waals surface area contributed by atoms with Crippen molar-refractivity contribution in [3.05, 3.63) is 0 Å². The van der Waals surface area contributed by atoms with E-state index in [0.29, 0.717) is 5.41 Å². The van der Waals surface area contributed by atoms with Crippen molar-refractivity contribution in [2.24, 2.45) is 5.41 Å². The first-order valence-electron chi connectivity index (χ1n) is 7.01. The fourth-order valence-electron chi connectivity index (χ4n) is 3.30. The molecule has 1 unspecified atom stereocenters. The van der Waals surface area contributed by atoms with Crippen molar-refractivity contribution >= 4 is 11.8 Å². The van der Waals surface area contributed by atoms with E-state index in [4.69, 9.17) is 0 Å². The maximum absolute atomic E-state index is 3.41. The molecule has 1 atom stereocenters. The number of nitrogens with one attached hydrogen (secondary N) is 1. The molecule has 1 fully saturated rings. The van der Waals surface area contributed by atoms with Crippen molar-refractivity contribution in [1.29, 1.82) is 0 Å². The van der Waals surface area contributed by atoms with E-state index in [0.717, 1.165) is 6.04 Å². The van der Waals surface area contributed by atoms with Crippen LogP contribution in [0.4, 0.5) is 0 Å². The average Bonchev–Trinajstić information content (AvgIpc) is 2.74. The topological polar surface area (TPSA) is 15.3 Å². The second kappa shape index (κ2) is 7.65. The van der Waals surface area contributed by atoms with Crippen LogP contribution in [0.2, 0.25) is 0 Å². The number of nitrogens with zero attached hydrogens (tertiary/aromatic N) is 1. The Morgan fingerprint density at radius 1 is 1.35 bits per heavy atom. The fraction of sp³-hybridized carbons (Fsp3) is 1.00. The monoisotopic (exact) mass is 258 g/mol. The highest BCUT2D eigenvalue weighted by Crippen LogP contribution is 2.38. The van der Waals surface area contributed by atoms with Gasteiger partial charge >= 0.3 is 0 Å². The Kier molecular flexibility index (Phi) is 6.90. The van der Waals surface area contributed by atoms with Gasteiger partial charge in [0.1, 0.15) is 0 Å². The number of thioether (sulfide) groups is 1. The molecule has 1 aliphatic carbocycles. The molecule has 0 amide bonds. The lowest BCUT2D eigenvalue weighted by atomic mass is 9.85. The summed E-state index contributed by atoms with van der Waals surface area (Å²) in [4.78, 5) is 2.61. The molecule has 0 heterocycles. The predicted octanol–water partition coefficient (Wildman–Crippen LogP) is 2.84. The molecule has 102 valence electrons. The summed E-state index contributed by atoms with van der Waals surface area (Å²) in [5, 5.41) is 3.41. The highest BCUT2D eigenvalue weighted by Gasteiger charge is 2.35. The average molecular weight is 258 g/mol. The summed E-state index contributed by atoms with van der Waals surface area (Å²) in [7, 11) is 4.42. The van der Waals surface area contributed by atoms with E-state index >= 15 is 0 Å². The summed E-state index contributed by atoms with van der Waals surface area (Å²) in [6.45, 7) is 4.77. The Morgan fingerprint density at radius 2 is 2.00 bits per heavy atom. The SMILES string of the molecule is CCC(CSC)N(C)CC1(CNC)CCCC1. The van der Waals surface area contributed by atoms with Crippen LogP contribution >= 0.6 is 11.8 Å². The smallest absolute Gasteiger partial charge is 0.0180 e. The molecule has 2 nitrogen and oxygen atoms in total. The zero-order chi connectivity index (χ0) is 12.7. The quantitative estimate of drug-likeness (QED) is 0.721. The molecule has 0 spiro atoms. The summed E-state index contributed by atoms with van der Waals surface area (Å²) in [6, 6.07) is 0.749. The standard InChI is InChI=1S/C14H30N2S/c1-5-13(10-17-4)16(3)12-14(11-15-2)8-6-7-9-14/h13,15H,5-12H2,1-4H3. The molecule has 17 heavy (non-hydrogen) atoms. The summed E-state index contributed by atoms with van der Waals surface area (Å²) in [6.07, 6.45) is 9.16. The van der Waals surface area contributed by atoms with Crippen molar-refractivity contribution < 1.29 is 0 Å². The minimum atomic E-state index is 0.551. The van der Waals surface area contributed by atoms with E-state index in [1.807, 2.05) is 11.8 Å². The Labute approximate surface area is 112 Å². The fourth-order valence-corrected chi connectivity index (χ4v) is 4.17. The van der Waals surface area contributed by atoms with Gasteiger partial charge in [0, 0.05) is 24.9 Å². The highest BCUT2D eigenvalue weighted by molar-refractivity contribution is 7.98. The summed E-state index contributed by atoms with van der Waals surface area (Å²) in [5.41, 5.74) is 0.551. The number of hydrogen-bond acceptors (Lipinski definition) is 3. The maximum Gasteiger partial charge on any atom is 0.0180 e. The van der Waals surface area contributed by atoms with Crippen LogP contribution in [-0.2, 0) is 0 Å². The molecule has 1 rings (SSSR count). The van der Waals surface area contributed by atoms with E-state index in [1.165, 1.54) is 50.9 Å². The maximum atomic E-state index is 3.41. The third-order valence-corrected chi connectivity index (χ3v) is 4.97. The summed E-state index contributed by atoms with van der Waals surface area (Å²) < 4.78 is 0. The van der Waals surface area contributed by atoms with Crippen LogP contribution in [0.1, 0.15) is 39.0 Å². The van der Waals surface area contributed by atoms with Crippen molar-refractivity contribution in [3.8, 4) is 0 Å². The van der Waals surface area contributed by atoms with Gasteiger partial charge in [-0.05, 0) is 45.0 Å². The zero-order valence-electron chi connectivity index (χ0n) is 12.1. The molecule has 0 radical (unpaired) electrons. The lowest BCUT2D eigenvalue weighted by molar-refractivity contribution is 0.143. The molecular formula is C14H30N2S. The van der Waals surface area contributed by atoms with E-state index < -0.39 is 0 Å². The van der Waals surface area contributed by atoms with Crippen LogP contribution in [0.15, 0.2) is 0 Å². The molecule has 0 saturated heterocycles. The summed E-state index contributed by atoms with van der Waals surface area (Å²) in [5.74, 6) is 1.27. The lowest BCUT2D eigenvalue weighted by Gasteiger charge is -2.37. The Bertz CT molecular complexity index is 202. The number of hydrogen-bond donors (Lipinski definition) is 1. The van der Waals surface area contributed by atoms with Gasteiger partial charge in [-0.2, -0.15) is 11.8 Å².